The number of carbonyl (C=O) groups is 1. The van der Waals surface area contributed by atoms with Crippen molar-refractivity contribution < 1.29 is 13.9 Å². The molecule has 0 bridgehead atoms. The molecule has 0 radical (unpaired) electrons. The Morgan fingerprint density at radius 2 is 1.94 bits per heavy atom. The van der Waals surface area contributed by atoms with Crippen LogP contribution in [0.15, 0.2) is 34.7 Å². The van der Waals surface area contributed by atoms with Crippen molar-refractivity contribution in [2.75, 3.05) is 6.61 Å². The van der Waals surface area contributed by atoms with Gasteiger partial charge in [0.15, 0.2) is 10.9 Å². The molecule has 0 saturated heterocycles. The van der Waals surface area contributed by atoms with Gasteiger partial charge in [-0.25, -0.2) is 4.68 Å². The molecule has 1 aliphatic carbocycles. The average molecular weight is 535 g/mol. The maximum absolute atomic E-state index is 13.5. The molecule has 1 aromatic carbocycles. The van der Waals surface area contributed by atoms with Gasteiger partial charge in [-0.3, -0.25) is 4.79 Å². The number of rotatable bonds is 5. The Labute approximate surface area is 219 Å². The van der Waals surface area contributed by atoms with E-state index in [0.717, 1.165) is 24.1 Å². The number of ether oxygens (including phenoxy) is 1. The highest BCUT2D eigenvalue weighted by Gasteiger charge is 2.31. The van der Waals surface area contributed by atoms with Gasteiger partial charge in [-0.05, 0) is 73.7 Å². The van der Waals surface area contributed by atoms with Crippen LogP contribution in [0.4, 0.5) is 0 Å². The summed E-state index contributed by atoms with van der Waals surface area (Å²) in [5, 5.41) is 9.18. The van der Waals surface area contributed by atoms with Crippen molar-refractivity contribution in [3.8, 4) is 5.69 Å². The Kier molecular flexibility index (Phi) is 7.26. The third kappa shape index (κ3) is 5.17. The molecule has 35 heavy (non-hydrogen) atoms. The Bertz CT molecular complexity index is 1270. The van der Waals surface area contributed by atoms with Gasteiger partial charge in [0.25, 0.3) is 5.91 Å². The molecule has 184 valence electrons. The maximum Gasteiger partial charge on any atom is 0.272 e. The first-order chi connectivity index (χ1) is 16.9. The fourth-order valence-corrected chi connectivity index (χ4v) is 5.61. The SMILES string of the molecule is C[C@H](NC(=O)c1nn(-c2ccc(Cl)cc2Cl)c2c1COCC2=Cc1ccc(Cl)o1)C1CCCCC1. The topological polar surface area (TPSA) is 69.3 Å². The Morgan fingerprint density at radius 1 is 1.14 bits per heavy atom. The van der Waals surface area contributed by atoms with Crippen LogP contribution in [0.25, 0.3) is 17.3 Å². The van der Waals surface area contributed by atoms with Gasteiger partial charge in [0.05, 0.1) is 29.6 Å². The van der Waals surface area contributed by atoms with Crippen molar-refractivity contribution >= 4 is 52.4 Å². The lowest BCUT2D eigenvalue weighted by Crippen LogP contribution is -2.39. The summed E-state index contributed by atoms with van der Waals surface area (Å²) in [6.45, 7) is 2.66. The minimum Gasteiger partial charge on any atom is -0.445 e. The van der Waals surface area contributed by atoms with Crippen LogP contribution in [0, 0.1) is 5.92 Å². The predicted octanol–water partition coefficient (Wildman–Crippen LogP) is 7.19. The summed E-state index contributed by atoms with van der Waals surface area (Å²) in [7, 11) is 0. The molecule has 1 N–H and O–H groups in total. The highest BCUT2D eigenvalue weighted by molar-refractivity contribution is 6.35. The van der Waals surface area contributed by atoms with E-state index < -0.39 is 0 Å². The Balaban J connectivity index is 1.57. The molecule has 3 aromatic rings. The van der Waals surface area contributed by atoms with Crippen LogP contribution in [0.2, 0.25) is 15.3 Å². The van der Waals surface area contributed by atoms with Gasteiger partial charge in [-0.15, -0.1) is 0 Å². The third-order valence-corrected chi connectivity index (χ3v) is 7.51. The molecule has 0 spiro atoms. The van der Waals surface area contributed by atoms with Crippen LogP contribution in [0.3, 0.4) is 0 Å². The fraction of sp³-hybridized carbons (Fsp3) is 0.385. The molecule has 1 aliphatic heterocycles. The van der Waals surface area contributed by atoms with Gasteiger partial charge in [0.2, 0.25) is 0 Å². The molecule has 9 heteroatoms. The number of hydrogen-bond donors (Lipinski definition) is 1. The largest absolute Gasteiger partial charge is 0.445 e. The second-order valence-corrected chi connectivity index (χ2v) is 10.4. The smallest absolute Gasteiger partial charge is 0.272 e. The highest BCUT2D eigenvalue weighted by atomic mass is 35.5. The van der Waals surface area contributed by atoms with Crippen LogP contribution in [0.1, 0.15) is 66.5 Å². The number of aromatic nitrogens is 2. The van der Waals surface area contributed by atoms with Crippen molar-refractivity contribution in [1.82, 2.24) is 15.1 Å². The Hall–Kier alpha value is -2.25. The lowest BCUT2D eigenvalue weighted by atomic mass is 9.84. The Morgan fingerprint density at radius 3 is 2.66 bits per heavy atom. The van der Waals surface area contributed by atoms with Crippen molar-refractivity contribution in [1.29, 1.82) is 0 Å². The summed E-state index contributed by atoms with van der Waals surface area (Å²) in [5.41, 5.74) is 3.21. The third-order valence-electron chi connectivity index (χ3n) is 6.77. The number of furan rings is 1. The minimum absolute atomic E-state index is 0.0625. The molecule has 1 amide bonds. The van der Waals surface area contributed by atoms with E-state index in [2.05, 4.69) is 12.2 Å². The van der Waals surface area contributed by atoms with Crippen LogP contribution in [0.5, 0.6) is 0 Å². The number of nitrogens with zero attached hydrogens (tertiary/aromatic N) is 2. The summed E-state index contributed by atoms with van der Waals surface area (Å²) in [5.74, 6) is 0.842. The molecule has 1 saturated carbocycles. The maximum atomic E-state index is 13.5. The lowest BCUT2D eigenvalue weighted by molar-refractivity contribution is 0.0906. The van der Waals surface area contributed by atoms with E-state index in [4.69, 9.17) is 49.1 Å². The van der Waals surface area contributed by atoms with Crippen LogP contribution >= 0.6 is 34.8 Å². The van der Waals surface area contributed by atoms with E-state index >= 15 is 0 Å². The van der Waals surface area contributed by atoms with Crippen LogP contribution in [-0.2, 0) is 11.3 Å². The first-order valence-electron chi connectivity index (χ1n) is 11.8. The fourth-order valence-electron chi connectivity index (χ4n) is 4.97. The normalized spacial score (nSPS) is 18.5. The molecule has 2 aromatic heterocycles. The van der Waals surface area contributed by atoms with Crippen molar-refractivity contribution in [2.24, 2.45) is 5.92 Å². The summed E-state index contributed by atoms with van der Waals surface area (Å²) >= 11 is 18.7. The summed E-state index contributed by atoms with van der Waals surface area (Å²) in [6, 6.07) is 8.72. The zero-order valence-corrected chi connectivity index (χ0v) is 21.6. The lowest BCUT2D eigenvalue weighted by Gasteiger charge is -2.28. The first kappa shape index (κ1) is 24.4. The standard InChI is InChI=1S/C26H26Cl3N3O3/c1-15(16-5-3-2-4-6-16)30-26(33)24-20-14-34-13-17(11-19-8-10-23(29)35-19)25(20)32(31-24)22-9-7-18(27)12-21(22)28/h7-12,15-16H,2-6,13-14H2,1H3,(H,30,33)/t15-/m0/s1. The zero-order valence-electron chi connectivity index (χ0n) is 19.3. The number of carbonyl (C=O) groups excluding carboxylic acids is 1. The summed E-state index contributed by atoms with van der Waals surface area (Å²) in [6.07, 6.45) is 7.81. The highest BCUT2D eigenvalue weighted by Crippen LogP contribution is 2.35. The number of hydrogen-bond acceptors (Lipinski definition) is 4. The van der Waals surface area contributed by atoms with E-state index in [1.807, 2.05) is 6.08 Å². The van der Waals surface area contributed by atoms with Gasteiger partial charge in [0.1, 0.15) is 5.76 Å². The van der Waals surface area contributed by atoms with Crippen molar-refractivity contribution in [2.45, 2.75) is 51.7 Å². The number of nitrogens with one attached hydrogen (secondary N) is 1. The summed E-state index contributed by atoms with van der Waals surface area (Å²) < 4.78 is 13.1. The second-order valence-electron chi connectivity index (χ2n) is 9.15. The predicted molar refractivity (Wildman–Crippen MR) is 138 cm³/mol. The number of benzene rings is 1. The molecule has 1 fully saturated rings. The van der Waals surface area contributed by atoms with E-state index in [-0.39, 0.29) is 18.6 Å². The quantitative estimate of drug-likeness (QED) is 0.376. The molecule has 0 unspecified atom stereocenters. The monoisotopic (exact) mass is 533 g/mol. The number of halogens is 3. The second kappa shape index (κ2) is 10.4. The first-order valence-corrected chi connectivity index (χ1v) is 13.0. The molecular formula is C26H26Cl3N3O3. The van der Waals surface area contributed by atoms with Gasteiger partial charge >= 0.3 is 0 Å². The number of amides is 1. The molecule has 2 aliphatic rings. The van der Waals surface area contributed by atoms with Gasteiger partial charge < -0.3 is 14.5 Å². The van der Waals surface area contributed by atoms with Gasteiger partial charge in [0, 0.05) is 22.2 Å². The van der Waals surface area contributed by atoms with Gasteiger partial charge in [-0.1, -0.05) is 42.5 Å². The minimum atomic E-state index is -0.214. The van der Waals surface area contributed by atoms with Crippen LogP contribution in [-0.4, -0.2) is 28.3 Å². The van der Waals surface area contributed by atoms with Gasteiger partial charge in [-0.2, -0.15) is 5.10 Å². The molecule has 3 heterocycles. The molecular weight excluding hydrogens is 509 g/mol. The zero-order chi connectivity index (χ0) is 24.5. The van der Waals surface area contributed by atoms with Crippen LogP contribution < -0.4 is 5.32 Å². The molecule has 6 nitrogen and oxygen atoms in total. The van der Waals surface area contributed by atoms with Crippen molar-refractivity contribution in [3.05, 3.63) is 68.3 Å². The summed E-state index contributed by atoms with van der Waals surface area (Å²) in [4.78, 5) is 13.5. The van der Waals surface area contributed by atoms with E-state index in [1.165, 1.54) is 19.3 Å². The number of fused-ring (bicyclic) bond motifs is 1. The van der Waals surface area contributed by atoms with E-state index in [9.17, 15) is 4.79 Å². The van der Waals surface area contributed by atoms with E-state index in [1.54, 1.807) is 35.0 Å². The molecule has 5 rings (SSSR count). The van der Waals surface area contributed by atoms with E-state index in [0.29, 0.717) is 50.5 Å². The average Bonchev–Trinajstić information content (AvgIpc) is 3.43. The molecule has 1 atom stereocenters. The van der Waals surface area contributed by atoms with Crippen molar-refractivity contribution in [3.63, 3.8) is 0 Å².